The zero-order valence-electron chi connectivity index (χ0n) is 10.4. The minimum atomic E-state index is -0.128. The maximum Gasteiger partial charge on any atom is 0.227 e. The van der Waals surface area contributed by atoms with Gasteiger partial charge in [-0.05, 0) is 12.8 Å². The molecule has 16 heavy (non-hydrogen) atoms. The zero-order valence-corrected chi connectivity index (χ0v) is 10.4. The highest BCUT2D eigenvalue weighted by Crippen LogP contribution is 2.25. The van der Waals surface area contributed by atoms with E-state index in [1.807, 2.05) is 6.92 Å². The van der Waals surface area contributed by atoms with Gasteiger partial charge in [-0.25, -0.2) is 0 Å². The molecular weight excluding hydrogens is 208 g/mol. The van der Waals surface area contributed by atoms with Gasteiger partial charge in [0.15, 0.2) is 0 Å². The molecule has 2 N–H and O–H groups in total. The molecule has 0 aromatic rings. The van der Waals surface area contributed by atoms with E-state index < -0.39 is 0 Å². The molecule has 0 aromatic heterocycles. The summed E-state index contributed by atoms with van der Waals surface area (Å²) in [5.41, 5.74) is 2.88. The Morgan fingerprint density at radius 1 is 1.56 bits per heavy atom. The van der Waals surface area contributed by atoms with Crippen molar-refractivity contribution in [3.63, 3.8) is 0 Å². The van der Waals surface area contributed by atoms with Gasteiger partial charge >= 0.3 is 0 Å². The molecule has 94 valence electrons. The van der Waals surface area contributed by atoms with Crippen LogP contribution < -0.4 is 10.8 Å². The quantitative estimate of drug-likeness (QED) is 0.668. The first-order valence-corrected chi connectivity index (χ1v) is 5.75. The van der Waals surface area contributed by atoms with Gasteiger partial charge in [0, 0.05) is 19.7 Å². The third-order valence-electron chi connectivity index (χ3n) is 2.85. The molecule has 1 heterocycles. The Balaban J connectivity index is 2.50. The molecule has 0 bridgehead atoms. The summed E-state index contributed by atoms with van der Waals surface area (Å²) < 4.78 is 4.89. The predicted molar refractivity (Wildman–Crippen MR) is 60.7 cm³/mol. The third-order valence-corrected chi connectivity index (χ3v) is 2.85. The number of carbonyl (C=O) groups excluding carboxylic acids is 1. The van der Waals surface area contributed by atoms with E-state index in [1.54, 1.807) is 7.11 Å². The number of amides is 1. The molecule has 1 saturated heterocycles. The second-order valence-electron chi connectivity index (χ2n) is 4.54. The highest BCUT2D eigenvalue weighted by molar-refractivity contribution is 5.80. The molecular formula is C11H22N2O3. The Kier molecular flexibility index (Phi) is 5.18. The van der Waals surface area contributed by atoms with Crippen molar-refractivity contribution in [2.75, 3.05) is 20.3 Å². The SMILES string of the molecule is COCCNC(=O)C1C(C)NOC1C(C)C. The van der Waals surface area contributed by atoms with Crippen LogP contribution in [0.15, 0.2) is 0 Å². The van der Waals surface area contributed by atoms with Gasteiger partial charge in [0.1, 0.15) is 0 Å². The molecule has 5 heteroatoms. The van der Waals surface area contributed by atoms with E-state index in [9.17, 15) is 4.79 Å². The molecule has 1 fully saturated rings. The average Bonchev–Trinajstić information content (AvgIpc) is 2.60. The van der Waals surface area contributed by atoms with E-state index in [2.05, 4.69) is 24.6 Å². The summed E-state index contributed by atoms with van der Waals surface area (Å²) in [4.78, 5) is 17.4. The first-order chi connectivity index (χ1) is 7.57. The average molecular weight is 230 g/mol. The maximum atomic E-state index is 12.0. The Morgan fingerprint density at radius 2 is 2.25 bits per heavy atom. The molecule has 1 amide bonds. The van der Waals surface area contributed by atoms with Crippen LogP contribution in [0.3, 0.4) is 0 Å². The van der Waals surface area contributed by atoms with Crippen molar-refractivity contribution in [1.82, 2.24) is 10.8 Å². The molecule has 3 unspecified atom stereocenters. The van der Waals surface area contributed by atoms with Crippen molar-refractivity contribution in [1.29, 1.82) is 0 Å². The lowest BCUT2D eigenvalue weighted by Crippen LogP contribution is -2.42. The monoisotopic (exact) mass is 230 g/mol. The van der Waals surface area contributed by atoms with Crippen LogP contribution in [0.1, 0.15) is 20.8 Å². The Bertz CT molecular complexity index is 233. The van der Waals surface area contributed by atoms with Crippen molar-refractivity contribution < 1.29 is 14.4 Å². The standard InChI is InChI=1S/C11H22N2O3/c1-7(2)10-9(8(3)13-16-10)11(14)12-5-6-15-4/h7-10,13H,5-6H2,1-4H3,(H,12,14). The number of methoxy groups -OCH3 is 1. The summed E-state index contributed by atoms with van der Waals surface area (Å²) in [6.45, 7) is 7.15. The van der Waals surface area contributed by atoms with Crippen LogP contribution in [-0.2, 0) is 14.4 Å². The molecule has 3 atom stereocenters. The van der Waals surface area contributed by atoms with Crippen LogP contribution >= 0.6 is 0 Å². The lowest BCUT2D eigenvalue weighted by molar-refractivity contribution is -0.128. The van der Waals surface area contributed by atoms with Gasteiger partial charge in [-0.2, -0.15) is 5.48 Å². The Morgan fingerprint density at radius 3 is 2.81 bits per heavy atom. The molecule has 1 aliphatic heterocycles. The van der Waals surface area contributed by atoms with E-state index in [4.69, 9.17) is 9.57 Å². The van der Waals surface area contributed by atoms with Gasteiger partial charge in [-0.15, -0.1) is 0 Å². The summed E-state index contributed by atoms with van der Waals surface area (Å²) in [5.74, 6) is 0.223. The summed E-state index contributed by atoms with van der Waals surface area (Å²) in [7, 11) is 1.62. The minimum absolute atomic E-state index is 0.0354. The van der Waals surface area contributed by atoms with Crippen LogP contribution in [0.25, 0.3) is 0 Å². The molecule has 0 aromatic carbocycles. The highest BCUT2D eigenvalue weighted by atomic mass is 16.7. The smallest absolute Gasteiger partial charge is 0.227 e. The summed E-state index contributed by atoms with van der Waals surface area (Å²) in [6.07, 6.45) is -0.0578. The number of ether oxygens (including phenoxy) is 1. The number of rotatable bonds is 5. The van der Waals surface area contributed by atoms with Crippen LogP contribution in [0.5, 0.6) is 0 Å². The van der Waals surface area contributed by atoms with Crippen molar-refractivity contribution in [2.24, 2.45) is 11.8 Å². The summed E-state index contributed by atoms with van der Waals surface area (Å²) in [6, 6.07) is 0.0509. The number of hydroxylamine groups is 1. The number of hydrogen-bond acceptors (Lipinski definition) is 4. The predicted octanol–water partition coefficient (Wildman–Crippen LogP) is 0.313. The molecule has 0 saturated carbocycles. The van der Waals surface area contributed by atoms with Crippen LogP contribution in [-0.4, -0.2) is 38.3 Å². The van der Waals surface area contributed by atoms with Gasteiger partial charge in [-0.1, -0.05) is 13.8 Å². The number of nitrogens with one attached hydrogen (secondary N) is 2. The molecule has 0 spiro atoms. The zero-order chi connectivity index (χ0) is 12.1. The first-order valence-electron chi connectivity index (χ1n) is 5.75. The van der Waals surface area contributed by atoms with E-state index in [0.29, 0.717) is 19.1 Å². The van der Waals surface area contributed by atoms with Crippen LogP contribution in [0.2, 0.25) is 0 Å². The fraction of sp³-hybridized carbons (Fsp3) is 0.909. The fourth-order valence-electron chi connectivity index (χ4n) is 1.94. The number of carbonyl (C=O) groups is 1. The van der Waals surface area contributed by atoms with E-state index in [1.165, 1.54) is 0 Å². The van der Waals surface area contributed by atoms with Crippen molar-refractivity contribution in [2.45, 2.75) is 32.9 Å². The maximum absolute atomic E-state index is 12.0. The van der Waals surface area contributed by atoms with Gasteiger partial charge in [0.2, 0.25) is 5.91 Å². The lowest BCUT2D eigenvalue weighted by atomic mass is 9.89. The molecule has 1 aliphatic rings. The topological polar surface area (TPSA) is 59.6 Å². The molecule has 0 radical (unpaired) electrons. The van der Waals surface area contributed by atoms with E-state index in [-0.39, 0.29) is 24.0 Å². The van der Waals surface area contributed by atoms with Gasteiger partial charge in [0.05, 0.1) is 18.6 Å². The number of hydrogen-bond donors (Lipinski definition) is 2. The summed E-state index contributed by atoms with van der Waals surface area (Å²) >= 11 is 0. The normalized spacial score (nSPS) is 29.7. The Labute approximate surface area is 96.8 Å². The molecule has 5 nitrogen and oxygen atoms in total. The van der Waals surface area contributed by atoms with Crippen molar-refractivity contribution in [3.05, 3.63) is 0 Å². The third kappa shape index (κ3) is 3.17. The minimum Gasteiger partial charge on any atom is -0.383 e. The lowest BCUT2D eigenvalue weighted by Gasteiger charge is -2.21. The first kappa shape index (κ1) is 13.4. The van der Waals surface area contributed by atoms with Gasteiger partial charge in [0.25, 0.3) is 0 Å². The van der Waals surface area contributed by atoms with Crippen molar-refractivity contribution >= 4 is 5.91 Å². The largest absolute Gasteiger partial charge is 0.383 e. The second kappa shape index (κ2) is 6.18. The highest BCUT2D eigenvalue weighted by Gasteiger charge is 2.41. The van der Waals surface area contributed by atoms with E-state index >= 15 is 0 Å². The summed E-state index contributed by atoms with van der Waals surface area (Å²) in [5, 5.41) is 2.86. The second-order valence-corrected chi connectivity index (χ2v) is 4.54. The van der Waals surface area contributed by atoms with E-state index in [0.717, 1.165) is 0 Å². The van der Waals surface area contributed by atoms with Gasteiger partial charge < -0.3 is 10.1 Å². The fourth-order valence-corrected chi connectivity index (χ4v) is 1.94. The molecule has 1 rings (SSSR count). The Hall–Kier alpha value is -0.650. The van der Waals surface area contributed by atoms with Crippen molar-refractivity contribution in [3.8, 4) is 0 Å². The van der Waals surface area contributed by atoms with Crippen LogP contribution in [0, 0.1) is 11.8 Å². The molecule has 0 aliphatic carbocycles. The van der Waals surface area contributed by atoms with Crippen LogP contribution in [0.4, 0.5) is 0 Å². The van der Waals surface area contributed by atoms with Gasteiger partial charge in [-0.3, -0.25) is 9.63 Å².